The molecule has 0 aliphatic heterocycles. The zero-order valence-electron chi connectivity index (χ0n) is 12.8. The van der Waals surface area contributed by atoms with Crippen molar-refractivity contribution in [1.82, 2.24) is 4.57 Å². The Morgan fingerprint density at radius 2 is 2.26 bits per heavy atom. The maximum Gasteiger partial charge on any atom is 0.307 e. The number of aromatic nitrogens is 1. The standard InChI is InChI=1S/C17H17N3O3/c1-23-15-8-11(6-5-10(15)7-16(21)22)20-13-4-2-3-12(13)17(19)14(20)9-18/h5-6,8H,2-4,7,19H2,1H3,(H,21,22). The lowest BCUT2D eigenvalue weighted by molar-refractivity contribution is -0.136. The van der Waals surface area contributed by atoms with E-state index in [9.17, 15) is 10.1 Å². The smallest absolute Gasteiger partial charge is 0.307 e. The molecule has 0 unspecified atom stereocenters. The van der Waals surface area contributed by atoms with E-state index in [1.165, 1.54) is 7.11 Å². The summed E-state index contributed by atoms with van der Waals surface area (Å²) in [4.78, 5) is 10.9. The predicted octanol–water partition coefficient (Wildman–Crippen LogP) is 2.06. The summed E-state index contributed by atoms with van der Waals surface area (Å²) in [5.41, 5.74) is 10.6. The van der Waals surface area contributed by atoms with Gasteiger partial charge < -0.3 is 20.1 Å². The van der Waals surface area contributed by atoms with E-state index in [4.69, 9.17) is 15.6 Å². The van der Waals surface area contributed by atoms with Crippen LogP contribution in [0.15, 0.2) is 18.2 Å². The molecule has 1 aromatic carbocycles. The number of methoxy groups -OCH3 is 1. The largest absolute Gasteiger partial charge is 0.496 e. The first-order valence-corrected chi connectivity index (χ1v) is 7.38. The maximum atomic E-state index is 10.9. The van der Waals surface area contributed by atoms with E-state index in [1.807, 2.05) is 4.57 Å². The number of carboxylic acid groups (broad SMARTS) is 1. The van der Waals surface area contributed by atoms with Crippen molar-refractivity contribution >= 4 is 11.7 Å². The van der Waals surface area contributed by atoms with Crippen LogP contribution >= 0.6 is 0 Å². The zero-order valence-corrected chi connectivity index (χ0v) is 12.8. The van der Waals surface area contributed by atoms with Crippen molar-refractivity contribution < 1.29 is 14.6 Å². The van der Waals surface area contributed by atoms with Gasteiger partial charge in [0.25, 0.3) is 0 Å². The van der Waals surface area contributed by atoms with E-state index in [2.05, 4.69) is 6.07 Å². The van der Waals surface area contributed by atoms with Gasteiger partial charge >= 0.3 is 5.97 Å². The minimum absolute atomic E-state index is 0.111. The van der Waals surface area contributed by atoms with Gasteiger partial charge in [-0.2, -0.15) is 5.26 Å². The Morgan fingerprint density at radius 1 is 1.48 bits per heavy atom. The second-order valence-corrected chi connectivity index (χ2v) is 5.55. The van der Waals surface area contributed by atoms with Gasteiger partial charge in [0.15, 0.2) is 0 Å². The number of hydrogen-bond donors (Lipinski definition) is 2. The van der Waals surface area contributed by atoms with Crippen LogP contribution in [0.5, 0.6) is 5.75 Å². The first kappa shape index (κ1) is 15.0. The molecule has 0 bridgehead atoms. The number of nitrogens with zero attached hydrogens (tertiary/aromatic N) is 2. The molecule has 1 aromatic heterocycles. The predicted molar refractivity (Wildman–Crippen MR) is 84.8 cm³/mol. The monoisotopic (exact) mass is 311 g/mol. The molecule has 0 spiro atoms. The summed E-state index contributed by atoms with van der Waals surface area (Å²) in [5.74, 6) is -0.423. The van der Waals surface area contributed by atoms with E-state index in [0.29, 0.717) is 22.7 Å². The molecule has 1 aliphatic rings. The van der Waals surface area contributed by atoms with E-state index < -0.39 is 5.97 Å². The van der Waals surface area contributed by atoms with Crippen LogP contribution in [0, 0.1) is 11.3 Å². The molecule has 2 aromatic rings. The zero-order chi connectivity index (χ0) is 16.6. The topological polar surface area (TPSA) is 101 Å². The number of aliphatic carboxylic acids is 1. The van der Waals surface area contributed by atoms with Gasteiger partial charge in [-0.25, -0.2) is 0 Å². The van der Waals surface area contributed by atoms with Crippen molar-refractivity contribution in [3.05, 3.63) is 40.7 Å². The van der Waals surface area contributed by atoms with Crippen molar-refractivity contribution in [3.63, 3.8) is 0 Å². The Hall–Kier alpha value is -2.94. The molecule has 0 fully saturated rings. The number of carboxylic acids is 1. The minimum Gasteiger partial charge on any atom is -0.496 e. The third-order valence-corrected chi connectivity index (χ3v) is 4.24. The maximum absolute atomic E-state index is 10.9. The van der Waals surface area contributed by atoms with Gasteiger partial charge in [-0.15, -0.1) is 0 Å². The molecular formula is C17H17N3O3. The van der Waals surface area contributed by atoms with Crippen LogP contribution in [0.1, 0.15) is 28.9 Å². The van der Waals surface area contributed by atoms with Gasteiger partial charge in [0.05, 0.1) is 24.9 Å². The summed E-state index contributed by atoms with van der Waals surface area (Å²) in [6.07, 6.45) is 2.67. The number of anilines is 1. The third kappa shape index (κ3) is 2.40. The second kappa shape index (κ2) is 5.69. The number of nitrogens with two attached hydrogens (primary N) is 1. The minimum atomic E-state index is -0.917. The summed E-state index contributed by atoms with van der Waals surface area (Å²) in [5, 5.41) is 18.4. The highest BCUT2D eigenvalue weighted by Crippen LogP contribution is 2.36. The molecule has 0 saturated heterocycles. The fourth-order valence-corrected chi connectivity index (χ4v) is 3.24. The van der Waals surface area contributed by atoms with Gasteiger partial charge in [0, 0.05) is 17.3 Å². The highest BCUT2D eigenvalue weighted by atomic mass is 16.5. The molecule has 6 heteroatoms. The average molecular weight is 311 g/mol. The number of fused-ring (bicyclic) bond motifs is 1. The van der Waals surface area contributed by atoms with Gasteiger partial charge in [0.2, 0.25) is 0 Å². The Kier molecular flexibility index (Phi) is 3.70. The number of hydrogen-bond acceptors (Lipinski definition) is 4. The first-order chi connectivity index (χ1) is 11.1. The van der Waals surface area contributed by atoms with Crippen molar-refractivity contribution in [2.45, 2.75) is 25.7 Å². The molecule has 0 amide bonds. The molecule has 1 heterocycles. The molecule has 1 aliphatic carbocycles. The number of nitrogen functional groups attached to an aromatic ring is 1. The molecule has 6 nitrogen and oxygen atoms in total. The van der Waals surface area contributed by atoms with E-state index in [1.54, 1.807) is 18.2 Å². The quantitative estimate of drug-likeness (QED) is 0.900. The van der Waals surface area contributed by atoms with Crippen molar-refractivity contribution in [3.8, 4) is 17.5 Å². The lowest BCUT2D eigenvalue weighted by atomic mass is 10.1. The van der Waals surface area contributed by atoms with E-state index >= 15 is 0 Å². The Labute approximate surface area is 133 Å². The summed E-state index contributed by atoms with van der Waals surface area (Å²) < 4.78 is 7.18. The van der Waals surface area contributed by atoms with Gasteiger partial charge in [0.1, 0.15) is 17.5 Å². The van der Waals surface area contributed by atoms with Crippen LogP contribution in [0.3, 0.4) is 0 Å². The Balaban J connectivity index is 2.15. The number of benzene rings is 1. The molecule has 3 N–H and O–H groups in total. The highest BCUT2D eigenvalue weighted by Gasteiger charge is 2.25. The summed E-state index contributed by atoms with van der Waals surface area (Å²) >= 11 is 0. The third-order valence-electron chi connectivity index (χ3n) is 4.24. The van der Waals surface area contributed by atoms with Crippen LogP contribution < -0.4 is 10.5 Å². The molecule has 0 saturated carbocycles. The fourth-order valence-electron chi connectivity index (χ4n) is 3.24. The molecule has 3 rings (SSSR count). The lowest BCUT2D eigenvalue weighted by Gasteiger charge is -2.13. The van der Waals surface area contributed by atoms with Crippen LogP contribution in [0.4, 0.5) is 5.69 Å². The SMILES string of the molecule is COc1cc(-n2c(C#N)c(N)c3c2CCC3)ccc1CC(=O)O. The van der Waals surface area contributed by atoms with Crippen LogP contribution in [0.25, 0.3) is 5.69 Å². The fraction of sp³-hybridized carbons (Fsp3) is 0.294. The summed E-state index contributed by atoms with van der Waals surface area (Å²) in [7, 11) is 1.50. The normalized spacial score (nSPS) is 12.7. The Morgan fingerprint density at radius 3 is 2.91 bits per heavy atom. The number of carbonyl (C=O) groups is 1. The second-order valence-electron chi connectivity index (χ2n) is 5.55. The molecule has 0 radical (unpaired) electrons. The molecular weight excluding hydrogens is 294 g/mol. The summed E-state index contributed by atoms with van der Waals surface area (Å²) in [6.45, 7) is 0. The van der Waals surface area contributed by atoms with Crippen molar-refractivity contribution in [1.29, 1.82) is 5.26 Å². The summed E-state index contributed by atoms with van der Waals surface area (Å²) in [6, 6.07) is 7.47. The molecule has 0 atom stereocenters. The van der Waals surface area contributed by atoms with E-state index in [0.717, 1.165) is 36.2 Å². The molecule has 118 valence electrons. The average Bonchev–Trinajstić information content (AvgIpc) is 3.09. The number of nitriles is 1. The van der Waals surface area contributed by atoms with Crippen molar-refractivity contribution in [2.75, 3.05) is 12.8 Å². The highest BCUT2D eigenvalue weighted by molar-refractivity contribution is 5.72. The first-order valence-electron chi connectivity index (χ1n) is 7.38. The van der Waals surface area contributed by atoms with Crippen LogP contribution in [-0.4, -0.2) is 22.8 Å². The number of rotatable bonds is 4. The van der Waals surface area contributed by atoms with Crippen LogP contribution in [0.2, 0.25) is 0 Å². The number of ether oxygens (including phenoxy) is 1. The van der Waals surface area contributed by atoms with E-state index in [-0.39, 0.29) is 6.42 Å². The van der Waals surface area contributed by atoms with Gasteiger partial charge in [-0.1, -0.05) is 6.07 Å². The Bertz CT molecular complexity index is 831. The van der Waals surface area contributed by atoms with Crippen molar-refractivity contribution in [2.24, 2.45) is 0 Å². The molecule has 23 heavy (non-hydrogen) atoms. The van der Waals surface area contributed by atoms with Gasteiger partial charge in [-0.3, -0.25) is 4.79 Å². The lowest BCUT2D eigenvalue weighted by Crippen LogP contribution is -2.06. The van der Waals surface area contributed by atoms with Gasteiger partial charge in [-0.05, 0) is 30.9 Å². The van der Waals surface area contributed by atoms with Crippen LogP contribution in [-0.2, 0) is 24.1 Å².